The monoisotopic (exact) mass is 275 g/mol. The maximum absolute atomic E-state index is 5.98. The molecule has 0 atom stereocenters. The molecule has 0 bridgehead atoms. The molecule has 1 heterocycles. The van der Waals surface area contributed by atoms with E-state index in [2.05, 4.69) is 4.98 Å². The molecule has 0 aliphatic rings. The third-order valence-corrected chi connectivity index (χ3v) is 3.31. The van der Waals surface area contributed by atoms with Crippen molar-refractivity contribution in [2.75, 3.05) is 7.11 Å². The largest absolute Gasteiger partial charge is 0.493 e. The number of pyridine rings is 1. The zero-order chi connectivity index (χ0) is 13.1. The number of rotatable bonds is 4. The van der Waals surface area contributed by atoms with E-state index in [-0.39, 0.29) is 5.60 Å². The Kier molecular flexibility index (Phi) is 5.10. The van der Waals surface area contributed by atoms with Gasteiger partial charge in [0, 0.05) is 18.1 Å². The van der Waals surface area contributed by atoms with Crippen LogP contribution in [0.3, 0.4) is 0 Å². The minimum absolute atomic E-state index is 0.206. The molecule has 0 saturated carbocycles. The summed E-state index contributed by atoms with van der Waals surface area (Å²) in [5.74, 6) is 0.573. The number of aromatic nitrogens is 1. The highest BCUT2D eigenvalue weighted by Gasteiger charge is 2.16. The molecular weight excluding hydrogens is 258 g/mol. The first kappa shape index (κ1) is 14.6. The van der Waals surface area contributed by atoms with Crippen LogP contribution < -0.4 is 4.74 Å². The molecule has 0 aliphatic carbocycles. The van der Waals surface area contributed by atoms with E-state index in [1.165, 1.54) is 12.0 Å². The molecule has 0 amide bonds. The number of methoxy groups -OCH3 is 1. The van der Waals surface area contributed by atoms with Crippen molar-refractivity contribution in [3.8, 4) is 5.75 Å². The zero-order valence-electron chi connectivity index (χ0n) is 10.8. The van der Waals surface area contributed by atoms with Crippen LogP contribution in [0.2, 0.25) is 5.15 Å². The van der Waals surface area contributed by atoms with Gasteiger partial charge in [-0.05, 0) is 27.2 Å². The van der Waals surface area contributed by atoms with Crippen molar-refractivity contribution < 1.29 is 8.92 Å². The standard InChI is InChI=1S/C12H18ClNO2S/c1-6-8-10(17-16-12(2,3)4)7-9(15-5)11(13)14-8/h7H,6H2,1-5H3. The predicted octanol–water partition coefficient (Wildman–Crippen LogP) is 4.13. The molecule has 0 saturated heterocycles. The second-order valence-electron chi connectivity index (χ2n) is 4.56. The Bertz CT molecular complexity index is 391. The minimum Gasteiger partial charge on any atom is -0.493 e. The number of aryl methyl sites for hydroxylation is 1. The van der Waals surface area contributed by atoms with E-state index in [0.717, 1.165) is 17.0 Å². The van der Waals surface area contributed by atoms with Crippen LogP contribution in [-0.2, 0) is 10.6 Å². The smallest absolute Gasteiger partial charge is 0.171 e. The molecule has 3 nitrogen and oxygen atoms in total. The summed E-state index contributed by atoms with van der Waals surface area (Å²) in [5, 5.41) is 0.393. The Morgan fingerprint density at radius 3 is 2.53 bits per heavy atom. The third kappa shape index (κ3) is 4.37. The lowest BCUT2D eigenvalue weighted by Crippen LogP contribution is -2.14. The first-order valence-electron chi connectivity index (χ1n) is 5.46. The molecule has 0 spiro atoms. The van der Waals surface area contributed by atoms with Crippen molar-refractivity contribution in [2.45, 2.75) is 44.6 Å². The number of hydrogen-bond acceptors (Lipinski definition) is 4. The lowest BCUT2D eigenvalue weighted by atomic mass is 10.2. The Morgan fingerprint density at radius 1 is 1.41 bits per heavy atom. The van der Waals surface area contributed by atoms with E-state index in [1.807, 2.05) is 33.8 Å². The molecule has 0 fully saturated rings. The van der Waals surface area contributed by atoms with Crippen LogP contribution >= 0.6 is 23.6 Å². The van der Waals surface area contributed by atoms with Crippen molar-refractivity contribution in [1.29, 1.82) is 0 Å². The van der Waals surface area contributed by atoms with E-state index < -0.39 is 0 Å². The lowest BCUT2D eigenvalue weighted by Gasteiger charge is -2.19. The molecule has 96 valence electrons. The van der Waals surface area contributed by atoms with Crippen molar-refractivity contribution in [3.05, 3.63) is 16.9 Å². The summed E-state index contributed by atoms with van der Waals surface area (Å²) in [6, 6.07) is 1.87. The van der Waals surface area contributed by atoms with Crippen LogP contribution in [0.5, 0.6) is 5.75 Å². The third-order valence-electron chi connectivity index (χ3n) is 1.92. The summed E-state index contributed by atoms with van der Waals surface area (Å²) < 4.78 is 10.8. The Morgan fingerprint density at radius 2 is 2.06 bits per heavy atom. The molecule has 0 unspecified atom stereocenters. The van der Waals surface area contributed by atoms with Crippen molar-refractivity contribution in [3.63, 3.8) is 0 Å². The maximum atomic E-state index is 5.98. The number of hydrogen-bond donors (Lipinski definition) is 0. The van der Waals surface area contributed by atoms with Gasteiger partial charge in [0.05, 0.1) is 23.3 Å². The second kappa shape index (κ2) is 5.94. The summed E-state index contributed by atoms with van der Waals surface area (Å²) in [6.07, 6.45) is 0.805. The molecule has 1 aromatic heterocycles. The quantitative estimate of drug-likeness (QED) is 0.611. The normalized spacial score (nSPS) is 11.6. The molecule has 17 heavy (non-hydrogen) atoms. The summed E-state index contributed by atoms with van der Waals surface area (Å²) in [5.41, 5.74) is 0.716. The second-order valence-corrected chi connectivity index (χ2v) is 5.69. The van der Waals surface area contributed by atoms with E-state index in [1.54, 1.807) is 7.11 Å². The van der Waals surface area contributed by atoms with Crippen LogP contribution in [0, 0.1) is 0 Å². The first-order valence-corrected chi connectivity index (χ1v) is 6.58. The molecule has 0 N–H and O–H groups in total. The molecular formula is C12H18ClNO2S. The zero-order valence-corrected chi connectivity index (χ0v) is 12.4. The van der Waals surface area contributed by atoms with Gasteiger partial charge in [-0.15, -0.1) is 0 Å². The highest BCUT2D eigenvalue weighted by atomic mass is 35.5. The van der Waals surface area contributed by atoms with Gasteiger partial charge in [0.2, 0.25) is 0 Å². The summed E-state index contributed by atoms with van der Waals surface area (Å²) in [4.78, 5) is 5.25. The van der Waals surface area contributed by atoms with E-state index in [0.29, 0.717) is 10.9 Å². The fraction of sp³-hybridized carbons (Fsp3) is 0.583. The Balaban J connectivity index is 2.96. The van der Waals surface area contributed by atoms with Crippen molar-refractivity contribution in [2.24, 2.45) is 0 Å². The van der Waals surface area contributed by atoms with Crippen LogP contribution in [0.25, 0.3) is 0 Å². The lowest BCUT2D eigenvalue weighted by molar-refractivity contribution is 0.164. The molecule has 0 aliphatic heterocycles. The van der Waals surface area contributed by atoms with E-state index in [4.69, 9.17) is 20.5 Å². The maximum Gasteiger partial charge on any atom is 0.171 e. The van der Waals surface area contributed by atoms with Crippen molar-refractivity contribution in [1.82, 2.24) is 4.98 Å². The van der Waals surface area contributed by atoms with Gasteiger partial charge in [-0.25, -0.2) is 4.98 Å². The van der Waals surface area contributed by atoms with Crippen molar-refractivity contribution >= 4 is 23.6 Å². The fourth-order valence-electron chi connectivity index (χ4n) is 1.13. The summed E-state index contributed by atoms with van der Waals surface area (Å²) in [6.45, 7) is 8.05. The molecule has 0 radical (unpaired) electrons. The fourth-order valence-corrected chi connectivity index (χ4v) is 2.14. The van der Waals surface area contributed by atoms with Gasteiger partial charge in [0.1, 0.15) is 0 Å². The average Bonchev–Trinajstić information content (AvgIpc) is 2.25. The SMILES string of the molecule is CCc1nc(Cl)c(OC)cc1SOC(C)(C)C. The topological polar surface area (TPSA) is 31.4 Å². The molecule has 1 aromatic rings. The average molecular weight is 276 g/mol. The highest BCUT2D eigenvalue weighted by molar-refractivity contribution is 7.94. The number of nitrogens with zero attached hydrogens (tertiary/aromatic N) is 1. The summed E-state index contributed by atoms with van der Waals surface area (Å²) in [7, 11) is 1.58. The van der Waals surface area contributed by atoms with Gasteiger partial charge in [-0.2, -0.15) is 0 Å². The van der Waals surface area contributed by atoms with Gasteiger partial charge in [-0.1, -0.05) is 18.5 Å². The van der Waals surface area contributed by atoms with E-state index >= 15 is 0 Å². The van der Waals surface area contributed by atoms with Crippen LogP contribution in [0.4, 0.5) is 0 Å². The highest BCUT2D eigenvalue weighted by Crippen LogP contribution is 2.33. The van der Waals surface area contributed by atoms with Gasteiger partial charge in [0.15, 0.2) is 10.9 Å². The first-order chi connectivity index (χ1) is 7.87. The minimum atomic E-state index is -0.206. The van der Waals surface area contributed by atoms with Gasteiger partial charge in [0.25, 0.3) is 0 Å². The van der Waals surface area contributed by atoms with Gasteiger partial charge >= 0.3 is 0 Å². The number of ether oxygens (including phenoxy) is 1. The predicted molar refractivity (Wildman–Crippen MR) is 71.9 cm³/mol. The van der Waals surface area contributed by atoms with Gasteiger partial charge in [-0.3, -0.25) is 0 Å². The molecule has 0 aromatic carbocycles. The van der Waals surface area contributed by atoms with Crippen LogP contribution in [-0.4, -0.2) is 17.7 Å². The van der Waals surface area contributed by atoms with E-state index in [9.17, 15) is 0 Å². The summed E-state index contributed by atoms with van der Waals surface area (Å²) >= 11 is 7.30. The van der Waals surface area contributed by atoms with Crippen LogP contribution in [0.15, 0.2) is 11.0 Å². The van der Waals surface area contributed by atoms with Gasteiger partial charge < -0.3 is 8.92 Å². The Labute approximate surface area is 112 Å². The molecule has 1 rings (SSSR count). The van der Waals surface area contributed by atoms with Crippen LogP contribution in [0.1, 0.15) is 33.4 Å². The number of halogens is 1. The molecule has 5 heteroatoms. The Hall–Kier alpha value is -0.450.